The van der Waals surface area contributed by atoms with E-state index < -0.39 is 0 Å². The fourth-order valence-electron chi connectivity index (χ4n) is 2.94. The van der Waals surface area contributed by atoms with Crippen molar-refractivity contribution in [3.05, 3.63) is 63.1 Å². The molecular weight excluding hydrogens is 402 g/mol. The van der Waals surface area contributed by atoms with Gasteiger partial charge in [-0.2, -0.15) is 0 Å². The zero-order valence-electron chi connectivity index (χ0n) is 14.2. The lowest BCUT2D eigenvalue weighted by Gasteiger charge is -2.26. The number of benzene rings is 2. The van der Waals surface area contributed by atoms with Crippen LogP contribution in [-0.2, 0) is 17.8 Å². The van der Waals surface area contributed by atoms with Crippen LogP contribution in [-0.4, -0.2) is 37.7 Å². The summed E-state index contributed by atoms with van der Waals surface area (Å²) in [4.78, 5) is 2.47. The summed E-state index contributed by atoms with van der Waals surface area (Å²) in [5, 5.41) is 0.746. The highest BCUT2D eigenvalue weighted by molar-refractivity contribution is 9.10. The molecule has 0 N–H and O–H groups in total. The van der Waals surface area contributed by atoms with Crippen LogP contribution in [0.1, 0.15) is 17.5 Å². The van der Waals surface area contributed by atoms with Crippen LogP contribution < -0.4 is 4.74 Å². The lowest BCUT2D eigenvalue weighted by Crippen LogP contribution is -2.36. The fourth-order valence-corrected chi connectivity index (χ4v) is 3.48. The first-order chi connectivity index (χ1) is 12.2. The third-order valence-electron chi connectivity index (χ3n) is 4.35. The third-order valence-corrected chi connectivity index (χ3v) is 5.10. The molecule has 25 heavy (non-hydrogen) atoms. The number of halogens is 2. The first-order valence-electron chi connectivity index (χ1n) is 8.66. The van der Waals surface area contributed by atoms with Crippen molar-refractivity contribution < 1.29 is 9.47 Å². The molecule has 0 amide bonds. The van der Waals surface area contributed by atoms with E-state index >= 15 is 0 Å². The highest BCUT2D eigenvalue weighted by atomic mass is 79.9. The second-order valence-electron chi connectivity index (χ2n) is 6.22. The van der Waals surface area contributed by atoms with Crippen LogP contribution in [0.4, 0.5) is 0 Å². The van der Waals surface area contributed by atoms with E-state index in [1.54, 1.807) is 0 Å². The van der Waals surface area contributed by atoms with Crippen molar-refractivity contribution in [3.63, 3.8) is 0 Å². The standard InChI is InChI=1S/C20H23BrClNO2/c21-18-5-8-20(25-15-16-3-6-19(22)7-4-16)17(14-18)2-1-9-23-10-12-24-13-11-23/h3-8,14H,1-2,9-13,15H2. The van der Waals surface area contributed by atoms with Crippen molar-refractivity contribution in [1.82, 2.24) is 4.90 Å². The number of hydrogen-bond donors (Lipinski definition) is 0. The normalized spacial score (nSPS) is 15.3. The predicted molar refractivity (Wildman–Crippen MR) is 106 cm³/mol. The fraction of sp³-hybridized carbons (Fsp3) is 0.400. The molecule has 134 valence electrons. The second-order valence-corrected chi connectivity index (χ2v) is 7.58. The molecule has 2 aromatic carbocycles. The van der Waals surface area contributed by atoms with Crippen LogP contribution in [0.2, 0.25) is 5.02 Å². The average molecular weight is 425 g/mol. The van der Waals surface area contributed by atoms with E-state index in [-0.39, 0.29) is 0 Å². The van der Waals surface area contributed by atoms with Crippen LogP contribution in [0.3, 0.4) is 0 Å². The minimum atomic E-state index is 0.551. The highest BCUT2D eigenvalue weighted by Crippen LogP contribution is 2.26. The molecule has 0 unspecified atom stereocenters. The van der Waals surface area contributed by atoms with Crippen LogP contribution in [0.15, 0.2) is 46.9 Å². The molecule has 0 aliphatic carbocycles. The Balaban J connectivity index is 1.56. The van der Waals surface area contributed by atoms with E-state index in [2.05, 4.69) is 26.9 Å². The van der Waals surface area contributed by atoms with Gasteiger partial charge in [-0.25, -0.2) is 0 Å². The summed E-state index contributed by atoms with van der Waals surface area (Å²) in [6, 6.07) is 14.0. The molecule has 0 bridgehead atoms. The van der Waals surface area contributed by atoms with Gasteiger partial charge in [0.25, 0.3) is 0 Å². The summed E-state index contributed by atoms with van der Waals surface area (Å²) >= 11 is 9.51. The van der Waals surface area contributed by atoms with Gasteiger partial charge in [-0.3, -0.25) is 4.90 Å². The summed E-state index contributed by atoms with van der Waals surface area (Å²) in [5.41, 5.74) is 2.36. The van der Waals surface area contributed by atoms with Crippen molar-refractivity contribution in [3.8, 4) is 5.75 Å². The second kappa shape index (κ2) is 9.58. The van der Waals surface area contributed by atoms with E-state index in [0.717, 1.165) is 66.5 Å². The summed E-state index contributed by atoms with van der Waals surface area (Å²) in [6.07, 6.45) is 2.13. The van der Waals surface area contributed by atoms with Gasteiger partial charge >= 0.3 is 0 Å². The predicted octanol–water partition coefficient (Wildman–Crippen LogP) is 4.95. The molecule has 1 aliphatic rings. The average Bonchev–Trinajstić information content (AvgIpc) is 2.63. The molecule has 0 saturated carbocycles. The molecule has 5 heteroatoms. The maximum Gasteiger partial charge on any atom is 0.123 e. The number of rotatable bonds is 7. The zero-order valence-corrected chi connectivity index (χ0v) is 16.6. The molecule has 1 heterocycles. The quantitative estimate of drug-likeness (QED) is 0.628. The molecule has 3 nitrogen and oxygen atoms in total. The molecule has 1 fully saturated rings. The molecule has 3 rings (SSSR count). The Morgan fingerprint density at radius 1 is 1.08 bits per heavy atom. The number of morpholine rings is 1. The zero-order chi connectivity index (χ0) is 17.5. The molecule has 2 aromatic rings. The first-order valence-corrected chi connectivity index (χ1v) is 9.83. The Bertz CT molecular complexity index is 672. The van der Waals surface area contributed by atoms with E-state index in [4.69, 9.17) is 21.1 Å². The molecule has 1 aliphatic heterocycles. The molecular formula is C20H23BrClNO2. The van der Waals surface area contributed by atoms with Crippen molar-refractivity contribution in [2.75, 3.05) is 32.8 Å². The van der Waals surface area contributed by atoms with Crippen LogP contribution in [0, 0.1) is 0 Å². The Morgan fingerprint density at radius 2 is 1.84 bits per heavy atom. The van der Waals surface area contributed by atoms with Gasteiger partial charge in [-0.15, -0.1) is 0 Å². The van der Waals surface area contributed by atoms with Gasteiger partial charge in [0.15, 0.2) is 0 Å². The van der Waals surface area contributed by atoms with E-state index in [0.29, 0.717) is 6.61 Å². The van der Waals surface area contributed by atoms with Gasteiger partial charge in [0.2, 0.25) is 0 Å². The van der Waals surface area contributed by atoms with Gasteiger partial charge in [0.05, 0.1) is 13.2 Å². The Labute approximate surface area is 163 Å². The summed E-state index contributed by atoms with van der Waals surface area (Å²) < 4.78 is 12.6. The van der Waals surface area contributed by atoms with Gasteiger partial charge in [0.1, 0.15) is 12.4 Å². The van der Waals surface area contributed by atoms with E-state index in [9.17, 15) is 0 Å². The van der Waals surface area contributed by atoms with Gasteiger partial charge in [0, 0.05) is 22.6 Å². The number of ether oxygens (including phenoxy) is 2. The van der Waals surface area contributed by atoms with Gasteiger partial charge in [-0.05, 0) is 60.8 Å². The molecule has 0 radical (unpaired) electrons. The minimum Gasteiger partial charge on any atom is -0.489 e. The lowest BCUT2D eigenvalue weighted by atomic mass is 10.1. The summed E-state index contributed by atoms with van der Waals surface area (Å²) in [7, 11) is 0. The highest BCUT2D eigenvalue weighted by Gasteiger charge is 2.11. The van der Waals surface area contributed by atoms with Gasteiger partial charge in [-0.1, -0.05) is 39.7 Å². The van der Waals surface area contributed by atoms with Crippen molar-refractivity contribution in [2.24, 2.45) is 0 Å². The maximum atomic E-state index is 6.06. The maximum absolute atomic E-state index is 6.06. The number of hydrogen-bond acceptors (Lipinski definition) is 3. The number of aryl methyl sites for hydroxylation is 1. The van der Waals surface area contributed by atoms with Crippen molar-refractivity contribution in [1.29, 1.82) is 0 Å². The largest absolute Gasteiger partial charge is 0.489 e. The van der Waals surface area contributed by atoms with E-state index in [1.807, 2.05) is 36.4 Å². The first kappa shape index (κ1) is 18.7. The topological polar surface area (TPSA) is 21.7 Å². The van der Waals surface area contributed by atoms with E-state index in [1.165, 1.54) is 5.56 Å². The lowest BCUT2D eigenvalue weighted by molar-refractivity contribution is 0.0374. The SMILES string of the molecule is Clc1ccc(COc2ccc(Br)cc2CCCN2CCOCC2)cc1. The number of nitrogens with zero attached hydrogens (tertiary/aromatic N) is 1. The molecule has 0 spiro atoms. The van der Waals surface area contributed by atoms with Gasteiger partial charge < -0.3 is 9.47 Å². The molecule has 0 atom stereocenters. The Hall–Kier alpha value is -1.07. The van der Waals surface area contributed by atoms with Crippen LogP contribution in [0.5, 0.6) is 5.75 Å². The Morgan fingerprint density at radius 3 is 2.60 bits per heavy atom. The molecule has 1 saturated heterocycles. The third kappa shape index (κ3) is 6.00. The minimum absolute atomic E-state index is 0.551. The summed E-state index contributed by atoms with van der Waals surface area (Å²) in [5.74, 6) is 0.958. The van der Waals surface area contributed by atoms with Crippen molar-refractivity contribution >= 4 is 27.5 Å². The smallest absolute Gasteiger partial charge is 0.123 e. The summed E-state index contributed by atoms with van der Waals surface area (Å²) in [6.45, 7) is 5.44. The Kier molecular flexibility index (Phi) is 7.17. The van der Waals surface area contributed by atoms with Crippen molar-refractivity contribution in [2.45, 2.75) is 19.4 Å². The molecule has 0 aromatic heterocycles. The van der Waals surface area contributed by atoms with Crippen LogP contribution >= 0.6 is 27.5 Å². The van der Waals surface area contributed by atoms with Crippen LogP contribution in [0.25, 0.3) is 0 Å². The monoisotopic (exact) mass is 423 g/mol.